The highest BCUT2D eigenvalue weighted by molar-refractivity contribution is 7.99. The molecule has 0 saturated carbocycles. The van der Waals surface area contributed by atoms with Crippen LogP contribution in [0.15, 0.2) is 64.6 Å². The average Bonchev–Trinajstić information content (AvgIpc) is 2.77. The second kappa shape index (κ2) is 11.2. The van der Waals surface area contributed by atoms with E-state index in [4.69, 9.17) is 14.2 Å². The zero-order chi connectivity index (χ0) is 22.2. The van der Waals surface area contributed by atoms with Gasteiger partial charge in [-0.1, -0.05) is 64.9 Å². The van der Waals surface area contributed by atoms with Crippen LogP contribution in [0.25, 0.3) is 10.4 Å². The van der Waals surface area contributed by atoms with E-state index in [1.54, 1.807) is 0 Å². The third-order valence-electron chi connectivity index (χ3n) is 4.84. The van der Waals surface area contributed by atoms with Gasteiger partial charge in [0.2, 0.25) is 0 Å². The third-order valence-corrected chi connectivity index (χ3v) is 6.01. The molecule has 0 aromatic heterocycles. The maximum absolute atomic E-state index is 11.9. The topological polar surface area (TPSA) is 114 Å². The highest BCUT2D eigenvalue weighted by atomic mass is 32.2. The summed E-state index contributed by atoms with van der Waals surface area (Å²) in [4.78, 5) is 15.7. The van der Waals surface area contributed by atoms with Crippen LogP contribution < -0.4 is 0 Å². The van der Waals surface area contributed by atoms with Crippen molar-refractivity contribution in [3.63, 3.8) is 0 Å². The van der Waals surface area contributed by atoms with Gasteiger partial charge in [-0.3, -0.25) is 4.79 Å². The Labute approximate surface area is 185 Å². The molecule has 1 heterocycles. The number of aliphatic hydroxyl groups excluding tert-OH is 1. The van der Waals surface area contributed by atoms with Crippen LogP contribution in [-0.4, -0.2) is 47.5 Å². The number of aliphatic hydroxyl groups is 1. The smallest absolute Gasteiger partial charge is 0.303 e. The van der Waals surface area contributed by atoms with Crippen molar-refractivity contribution in [2.45, 2.75) is 55.1 Å². The molecule has 0 amide bonds. The number of rotatable bonds is 8. The van der Waals surface area contributed by atoms with Gasteiger partial charge in [0, 0.05) is 16.7 Å². The summed E-state index contributed by atoms with van der Waals surface area (Å²) in [6, 6.07) is 16.4. The van der Waals surface area contributed by atoms with E-state index < -0.39 is 35.8 Å². The minimum absolute atomic E-state index is 0.224. The molecule has 31 heavy (non-hydrogen) atoms. The van der Waals surface area contributed by atoms with Crippen molar-refractivity contribution in [2.24, 2.45) is 5.11 Å². The average molecular weight is 444 g/mol. The highest BCUT2D eigenvalue weighted by Gasteiger charge is 2.48. The van der Waals surface area contributed by atoms with Crippen LogP contribution in [0.1, 0.15) is 18.1 Å². The van der Waals surface area contributed by atoms with E-state index in [9.17, 15) is 15.4 Å². The van der Waals surface area contributed by atoms with Crippen molar-refractivity contribution < 1.29 is 24.1 Å². The molecule has 1 aliphatic rings. The fraction of sp³-hybridized carbons (Fsp3) is 0.409. The Balaban J connectivity index is 1.87. The Bertz CT molecular complexity index is 905. The summed E-state index contributed by atoms with van der Waals surface area (Å²) < 4.78 is 17.6. The second-order valence-corrected chi connectivity index (χ2v) is 8.36. The molecule has 9 heteroatoms. The van der Waals surface area contributed by atoms with Gasteiger partial charge in [0.1, 0.15) is 29.8 Å². The van der Waals surface area contributed by atoms with Crippen molar-refractivity contribution in [3.8, 4) is 0 Å². The maximum Gasteiger partial charge on any atom is 0.303 e. The molecule has 0 radical (unpaired) electrons. The summed E-state index contributed by atoms with van der Waals surface area (Å²) in [5, 5.41) is 13.9. The number of nitrogens with zero attached hydrogens (tertiary/aromatic N) is 3. The van der Waals surface area contributed by atoms with Crippen molar-refractivity contribution in [1.29, 1.82) is 0 Å². The van der Waals surface area contributed by atoms with Gasteiger partial charge in [-0.05, 0) is 30.2 Å². The Kier molecular flexibility index (Phi) is 8.34. The number of esters is 1. The van der Waals surface area contributed by atoms with Gasteiger partial charge in [0.05, 0.1) is 13.2 Å². The summed E-state index contributed by atoms with van der Waals surface area (Å²) >= 11 is 1.34. The van der Waals surface area contributed by atoms with Crippen molar-refractivity contribution in [1.82, 2.24) is 0 Å². The molecule has 5 atom stereocenters. The minimum Gasteiger partial charge on any atom is -0.459 e. The summed E-state index contributed by atoms with van der Waals surface area (Å²) in [6.07, 6.45) is -2.48. The van der Waals surface area contributed by atoms with E-state index in [1.807, 2.05) is 61.5 Å². The molecule has 1 fully saturated rings. The van der Waals surface area contributed by atoms with Gasteiger partial charge < -0.3 is 19.3 Å². The van der Waals surface area contributed by atoms with Crippen molar-refractivity contribution in [2.75, 3.05) is 6.61 Å². The molecule has 164 valence electrons. The summed E-state index contributed by atoms with van der Waals surface area (Å²) in [5.41, 5.74) is 10.5. The van der Waals surface area contributed by atoms with Crippen LogP contribution in [0, 0.1) is 6.92 Å². The van der Waals surface area contributed by atoms with Gasteiger partial charge in [0.15, 0.2) is 0 Å². The van der Waals surface area contributed by atoms with E-state index in [0.29, 0.717) is 0 Å². The summed E-state index contributed by atoms with van der Waals surface area (Å²) in [5.74, 6) is -0.533. The van der Waals surface area contributed by atoms with Crippen LogP contribution in [0.3, 0.4) is 0 Å². The molecule has 1 unspecified atom stereocenters. The molecule has 1 aliphatic heterocycles. The first-order chi connectivity index (χ1) is 15.0. The molecule has 3 rings (SSSR count). The predicted molar refractivity (Wildman–Crippen MR) is 116 cm³/mol. The Hall–Kier alpha value is -2.55. The van der Waals surface area contributed by atoms with Gasteiger partial charge >= 0.3 is 5.97 Å². The summed E-state index contributed by atoms with van der Waals surface area (Å²) in [7, 11) is 0. The molecule has 0 spiro atoms. The van der Waals surface area contributed by atoms with Crippen LogP contribution >= 0.6 is 11.8 Å². The quantitative estimate of drug-likeness (QED) is 0.285. The lowest BCUT2D eigenvalue weighted by molar-refractivity contribution is -0.206. The van der Waals surface area contributed by atoms with Gasteiger partial charge in [0.25, 0.3) is 0 Å². The predicted octanol–water partition coefficient (Wildman–Crippen LogP) is 4.00. The molecule has 8 nitrogen and oxygen atoms in total. The molecule has 1 N–H and O–H groups in total. The fourth-order valence-corrected chi connectivity index (χ4v) is 4.47. The number of thioether (sulfide) groups is 1. The first-order valence-electron chi connectivity index (χ1n) is 9.88. The molecule has 2 aromatic carbocycles. The number of carbonyl (C=O) groups excluding carboxylic acids is 1. The van der Waals surface area contributed by atoms with Gasteiger partial charge in [-0.2, -0.15) is 0 Å². The maximum atomic E-state index is 11.9. The molecule has 0 bridgehead atoms. The monoisotopic (exact) mass is 443 g/mol. The van der Waals surface area contributed by atoms with E-state index in [0.717, 1.165) is 16.0 Å². The van der Waals surface area contributed by atoms with E-state index in [-0.39, 0.29) is 13.2 Å². The minimum atomic E-state index is -0.911. The number of hydrogen-bond acceptors (Lipinski definition) is 7. The number of benzene rings is 2. The first kappa shape index (κ1) is 23.1. The molecular weight excluding hydrogens is 418 g/mol. The van der Waals surface area contributed by atoms with Crippen LogP contribution in [0.4, 0.5) is 0 Å². The second-order valence-electron chi connectivity index (χ2n) is 7.19. The lowest BCUT2D eigenvalue weighted by atomic mass is 9.98. The standard InChI is InChI=1S/C22H25N3O5S/c1-14-8-10-17(11-9-14)31-22-19(24-25-23)21(29-15(2)27)20(18(12-26)30-22)28-13-16-6-4-3-5-7-16/h3-11,18-22,26H,12-13H2,1-2H3/t18-,19-,20-,21-,22?/m1/s1. The lowest BCUT2D eigenvalue weighted by Crippen LogP contribution is -2.59. The SMILES string of the molecule is CC(=O)O[C@H]1[C@H](OCc2ccccc2)[C@@H](CO)OC(Sc2ccc(C)cc2)[C@@H]1N=[N+]=[N-]. The van der Waals surface area contributed by atoms with Gasteiger partial charge in [-0.15, -0.1) is 0 Å². The number of ether oxygens (including phenoxy) is 3. The zero-order valence-corrected chi connectivity index (χ0v) is 18.1. The normalized spacial score (nSPS) is 25.5. The number of aryl methyl sites for hydroxylation is 1. The van der Waals surface area contributed by atoms with Crippen LogP contribution in [0.2, 0.25) is 0 Å². The first-order valence-corrected chi connectivity index (χ1v) is 10.8. The number of carbonyl (C=O) groups is 1. The van der Waals surface area contributed by atoms with Crippen molar-refractivity contribution >= 4 is 17.7 Å². The Morgan fingerprint density at radius 2 is 1.90 bits per heavy atom. The van der Waals surface area contributed by atoms with Crippen LogP contribution in [0.5, 0.6) is 0 Å². The molecular formula is C22H25N3O5S. The van der Waals surface area contributed by atoms with Gasteiger partial charge in [-0.25, -0.2) is 0 Å². The lowest BCUT2D eigenvalue weighted by Gasteiger charge is -2.43. The largest absolute Gasteiger partial charge is 0.459 e. The molecule has 2 aromatic rings. The van der Waals surface area contributed by atoms with E-state index in [2.05, 4.69) is 10.0 Å². The Morgan fingerprint density at radius 3 is 2.52 bits per heavy atom. The highest BCUT2D eigenvalue weighted by Crippen LogP contribution is 2.37. The van der Waals surface area contributed by atoms with Crippen LogP contribution in [-0.2, 0) is 25.6 Å². The van der Waals surface area contributed by atoms with Crippen molar-refractivity contribution in [3.05, 3.63) is 76.2 Å². The molecule has 1 saturated heterocycles. The van der Waals surface area contributed by atoms with E-state index in [1.165, 1.54) is 18.7 Å². The fourth-order valence-electron chi connectivity index (χ4n) is 3.36. The molecule has 0 aliphatic carbocycles. The summed E-state index contributed by atoms with van der Waals surface area (Å²) in [6.45, 7) is 3.15. The number of azide groups is 1. The third kappa shape index (κ3) is 6.22. The Morgan fingerprint density at radius 1 is 1.19 bits per heavy atom. The number of hydrogen-bond donors (Lipinski definition) is 1. The van der Waals surface area contributed by atoms with E-state index >= 15 is 0 Å². The zero-order valence-electron chi connectivity index (χ0n) is 17.3.